The van der Waals surface area contributed by atoms with Crippen LogP contribution in [0.2, 0.25) is 0 Å². The summed E-state index contributed by atoms with van der Waals surface area (Å²) in [5, 5.41) is 0. The van der Waals surface area contributed by atoms with Crippen molar-refractivity contribution in [2.75, 3.05) is 13.2 Å². The standard InChI is InChI=1S/2C12H26O4S.Na.H/c2*1-2-3-4-5-6-7-8-9-10-11-12-16-17(13,14)15;;/h2*2-12H2,1H3,(H,13,14,15);;. The van der Waals surface area contributed by atoms with E-state index in [4.69, 9.17) is 9.11 Å². The molecule has 0 saturated carbocycles. The van der Waals surface area contributed by atoms with E-state index in [0.29, 0.717) is 12.8 Å². The van der Waals surface area contributed by atoms with E-state index < -0.39 is 20.8 Å². The van der Waals surface area contributed by atoms with Gasteiger partial charge >= 0.3 is 50.4 Å². The van der Waals surface area contributed by atoms with Crippen molar-refractivity contribution < 1.29 is 34.3 Å². The van der Waals surface area contributed by atoms with E-state index in [2.05, 4.69) is 22.2 Å². The first-order valence-electron chi connectivity index (χ1n) is 13.4. The molecule has 0 bridgehead atoms. The Morgan fingerprint density at radius 3 is 0.829 bits per heavy atom. The van der Waals surface area contributed by atoms with Gasteiger partial charge in [0.15, 0.2) is 0 Å². The summed E-state index contributed by atoms with van der Waals surface area (Å²) in [7, 11) is -8.47. The summed E-state index contributed by atoms with van der Waals surface area (Å²) >= 11 is 0. The predicted octanol–water partition coefficient (Wildman–Crippen LogP) is 6.80. The zero-order valence-corrected chi connectivity index (χ0v) is 23.3. The summed E-state index contributed by atoms with van der Waals surface area (Å²) in [6.45, 7) is 4.62. The molecule has 0 aliphatic heterocycles. The first-order chi connectivity index (χ1) is 16.1. The van der Waals surface area contributed by atoms with Gasteiger partial charge in [0, 0.05) is 0 Å². The Labute approximate surface area is 238 Å². The van der Waals surface area contributed by atoms with Gasteiger partial charge in [-0.25, -0.2) is 8.37 Å². The SMILES string of the molecule is CCCCCCCCCCCCOS(=O)(=O)O.CCCCCCCCCCCCOS(=O)(=O)O.[NaH]. The van der Waals surface area contributed by atoms with Crippen molar-refractivity contribution >= 4 is 50.4 Å². The van der Waals surface area contributed by atoms with E-state index in [-0.39, 0.29) is 42.8 Å². The summed E-state index contributed by atoms with van der Waals surface area (Å²) in [6, 6.07) is 0. The van der Waals surface area contributed by atoms with Crippen LogP contribution in [0.25, 0.3) is 0 Å². The average Bonchev–Trinajstić information content (AvgIpc) is 2.75. The first-order valence-corrected chi connectivity index (χ1v) is 16.1. The van der Waals surface area contributed by atoms with Crippen LogP contribution < -0.4 is 0 Å². The third kappa shape index (κ3) is 45.1. The van der Waals surface area contributed by atoms with Gasteiger partial charge in [-0.15, -0.1) is 0 Å². The van der Waals surface area contributed by atoms with Gasteiger partial charge < -0.3 is 0 Å². The van der Waals surface area contributed by atoms with Crippen molar-refractivity contribution in [2.45, 2.75) is 142 Å². The van der Waals surface area contributed by atoms with Crippen LogP contribution in [0.15, 0.2) is 0 Å². The first kappa shape index (κ1) is 40.2. The van der Waals surface area contributed by atoms with Crippen molar-refractivity contribution in [2.24, 2.45) is 0 Å². The number of hydrogen-bond acceptors (Lipinski definition) is 6. The molecule has 0 aromatic rings. The minimum absolute atomic E-state index is 0. The molecule has 0 heterocycles. The summed E-state index contributed by atoms with van der Waals surface area (Å²) in [5.41, 5.74) is 0. The fourth-order valence-electron chi connectivity index (χ4n) is 3.51. The van der Waals surface area contributed by atoms with Gasteiger partial charge in [-0.2, -0.15) is 16.8 Å². The Morgan fingerprint density at radius 1 is 0.429 bits per heavy atom. The third-order valence-electron chi connectivity index (χ3n) is 5.46. The molecular formula is C24H53NaO8S2. The van der Waals surface area contributed by atoms with Gasteiger partial charge in [-0.05, 0) is 12.8 Å². The molecule has 11 heteroatoms. The summed E-state index contributed by atoms with van der Waals surface area (Å²) in [5.74, 6) is 0. The zero-order chi connectivity index (χ0) is 26.0. The number of unbranched alkanes of at least 4 members (excludes halogenated alkanes) is 18. The monoisotopic (exact) mass is 556 g/mol. The zero-order valence-electron chi connectivity index (χ0n) is 21.7. The van der Waals surface area contributed by atoms with Gasteiger partial charge in [0.25, 0.3) is 0 Å². The van der Waals surface area contributed by atoms with Crippen molar-refractivity contribution in [3.8, 4) is 0 Å². The normalized spacial score (nSPS) is 11.5. The van der Waals surface area contributed by atoms with E-state index in [1.807, 2.05) is 0 Å². The number of hydrogen-bond donors (Lipinski definition) is 2. The molecule has 0 aromatic heterocycles. The Morgan fingerprint density at radius 2 is 0.629 bits per heavy atom. The minimum atomic E-state index is -4.23. The quantitative estimate of drug-likeness (QED) is 0.0754. The number of rotatable bonds is 24. The Hall–Kier alpha value is 0.740. The summed E-state index contributed by atoms with van der Waals surface area (Å²) in [6.07, 6.45) is 23.7. The molecule has 0 aliphatic rings. The molecule has 35 heavy (non-hydrogen) atoms. The van der Waals surface area contributed by atoms with Crippen molar-refractivity contribution in [1.29, 1.82) is 0 Å². The van der Waals surface area contributed by atoms with E-state index in [1.54, 1.807) is 0 Å². The molecule has 0 atom stereocenters. The molecule has 0 unspecified atom stereocenters. The maximum atomic E-state index is 10.2. The molecule has 0 rings (SSSR count). The molecule has 210 valence electrons. The van der Waals surface area contributed by atoms with Crippen LogP contribution in [0.5, 0.6) is 0 Å². The Kier molecular flexibility index (Phi) is 33.7. The van der Waals surface area contributed by atoms with Gasteiger partial charge in [0.05, 0.1) is 13.2 Å². The molecule has 2 N–H and O–H groups in total. The molecule has 0 aromatic carbocycles. The van der Waals surface area contributed by atoms with Gasteiger partial charge in [-0.1, -0.05) is 129 Å². The van der Waals surface area contributed by atoms with Crippen molar-refractivity contribution in [3.05, 3.63) is 0 Å². The van der Waals surface area contributed by atoms with Crippen LogP contribution >= 0.6 is 0 Å². The van der Waals surface area contributed by atoms with Gasteiger partial charge in [0.1, 0.15) is 0 Å². The molecule has 0 amide bonds. The van der Waals surface area contributed by atoms with Crippen LogP contribution in [0.1, 0.15) is 142 Å². The van der Waals surface area contributed by atoms with Crippen LogP contribution in [0.4, 0.5) is 0 Å². The summed E-state index contributed by atoms with van der Waals surface area (Å²) < 4.78 is 66.0. The predicted molar refractivity (Wildman–Crippen MR) is 146 cm³/mol. The topological polar surface area (TPSA) is 127 Å². The van der Waals surface area contributed by atoms with Gasteiger partial charge in [0.2, 0.25) is 0 Å². The molecule has 0 saturated heterocycles. The molecule has 0 fully saturated rings. The molecule has 0 spiro atoms. The van der Waals surface area contributed by atoms with Crippen LogP contribution in [-0.4, -0.2) is 68.7 Å². The fourth-order valence-corrected chi connectivity index (χ4v) is 4.16. The third-order valence-corrected chi connectivity index (χ3v) is 6.39. The maximum absolute atomic E-state index is 10.2. The van der Waals surface area contributed by atoms with Crippen LogP contribution in [0, 0.1) is 0 Å². The van der Waals surface area contributed by atoms with Crippen molar-refractivity contribution in [1.82, 2.24) is 0 Å². The summed E-state index contributed by atoms with van der Waals surface area (Å²) in [4.78, 5) is 0. The Bertz CT molecular complexity index is 559. The van der Waals surface area contributed by atoms with E-state index in [0.717, 1.165) is 25.7 Å². The fraction of sp³-hybridized carbons (Fsp3) is 1.00. The second-order valence-corrected chi connectivity index (χ2v) is 11.0. The van der Waals surface area contributed by atoms with Crippen LogP contribution in [0.3, 0.4) is 0 Å². The van der Waals surface area contributed by atoms with E-state index >= 15 is 0 Å². The van der Waals surface area contributed by atoms with E-state index in [9.17, 15) is 16.8 Å². The van der Waals surface area contributed by atoms with Gasteiger partial charge in [-0.3, -0.25) is 9.11 Å². The van der Waals surface area contributed by atoms with Crippen molar-refractivity contribution in [3.63, 3.8) is 0 Å². The second-order valence-electron chi connectivity index (χ2n) is 8.86. The molecule has 0 radical (unpaired) electrons. The average molecular weight is 557 g/mol. The second kappa shape index (κ2) is 29.3. The van der Waals surface area contributed by atoms with E-state index in [1.165, 1.54) is 89.9 Å². The van der Waals surface area contributed by atoms with Crippen LogP contribution in [-0.2, 0) is 29.2 Å². The molecule has 8 nitrogen and oxygen atoms in total. The molecular weight excluding hydrogens is 503 g/mol. The Balaban J connectivity index is -0.000000569. The molecule has 0 aliphatic carbocycles.